The van der Waals surface area contributed by atoms with Crippen molar-refractivity contribution in [3.8, 4) is 0 Å². The minimum Gasteiger partial charge on any atom is -0.361 e. The van der Waals surface area contributed by atoms with E-state index in [1.807, 2.05) is 100 Å². The highest BCUT2D eigenvalue weighted by Gasteiger charge is 2.27. The highest BCUT2D eigenvalue weighted by Crippen LogP contribution is 2.20. The fraction of sp³-hybridized carbons (Fsp3) is 0.432. The molecular formula is C37H53N7O4S2. The van der Waals surface area contributed by atoms with Crippen LogP contribution < -0.4 is 21.7 Å². The zero-order valence-electron chi connectivity index (χ0n) is 29.9. The van der Waals surface area contributed by atoms with Gasteiger partial charge in [0.15, 0.2) is 5.01 Å². The van der Waals surface area contributed by atoms with E-state index in [2.05, 4.69) is 30.8 Å². The molecule has 3 heterocycles. The second kappa shape index (κ2) is 24.2. The molecule has 272 valence electrons. The van der Waals surface area contributed by atoms with Crippen LogP contribution in [0.15, 0.2) is 72.4 Å². The number of Topliss-reactive ketones (excluding diaryl/α,β-unsaturated/α-hetero) is 1. The molecule has 11 nitrogen and oxygen atoms in total. The fourth-order valence-electron chi connectivity index (χ4n) is 4.90. The van der Waals surface area contributed by atoms with Gasteiger partial charge in [0.25, 0.3) is 0 Å². The molecule has 6 N–H and O–H groups in total. The second-order valence-electron chi connectivity index (χ2n) is 10.7. The SMILES string of the molecule is CC.CC.CCC(=O)NC(Cc1ccccc1)C(=O)NCC(=O)NC(Cc1c[nH]c2ccccc12)C(=O)c1nccs1.NCN1CCSCC1. The predicted molar refractivity (Wildman–Crippen MR) is 206 cm³/mol. The number of para-hydroxylation sites is 1. The lowest BCUT2D eigenvalue weighted by Gasteiger charge is -2.23. The quantitative estimate of drug-likeness (QED) is 0.123. The lowest BCUT2D eigenvalue weighted by atomic mass is 10.0. The third kappa shape index (κ3) is 14.1. The molecule has 2 unspecified atom stereocenters. The average molecular weight is 724 g/mol. The Balaban J connectivity index is 0.000000620. The number of nitrogens with zero attached hydrogens (tertiary/aromatic N) is 2. The van der Waals surface area contributed by atoms with Crippen LogP contribution >= 0.6 is 23.1 Å². The van der Waals surface area contributed by atoms with Crippen molar-refractivity contribution in [3.63, 3.8) is 0 Å². The van der Waals surface area contributed by atoms with Gasteiger partial charge < -0.3 is 26.7 Å². The molecular weight excluding hydrogens is 671 g/mol. The van der Waals surface area contributed by atoms with Gasteiger partial charge in [-0.2, -0.15) is 11.8 Å². The number of aromatic amines is 1. The molecule has 1 aliphatic rings. The Morgan fingerprint density at radius 3 is 2.18 bits per heavy atom. The summed E-state index contributed by atoms with van der Waals surface area (Å²) in [6.07, 6.45) is 4.13. The van der Waals surface area contributed by atoms with Gasteiger partial charge in [0.1, 0.15) is 6.04 Å². The molecule has 0 radical (unpaired) electrons. The molecule has 0 saturated carbocycles. The van der Waals surface area contributed by atoms with Crippen molar-refractivity contribution in [3.05, 3.63) is 88.5 Å². The molecule has 0 spiro atoms. The summed E-state index contributed by atoms with van der Waals surface area (Å²) in [5.41, 5.74) is 8.11. The van der Waals surface area contributed by atoms with Crippen LogP contribution in [0, 0.1) is 0 Å². The molecule has 1 saturated heterocycles. The van der Waals surface area contributed by atoms with E-state index in [0.29, 0.717) is 5.01 Å². The Bertz CT molecular complexity index is 1560. The number of carbonyl (C=O) groups is 4. The fourth-order valence-corrected chi connectivity index (χ4v) is 6.51. The highest BCUT2D eigenvalue weighted by atomic mass is 32.2. The minimum absolute atomic E-state index is 0.230. The van der Waals surface area contributed by atoms with Gasteiger partial charge in [-0.1, -0.05) is 83.1 Å². The maximum atomic E-state index is 13.2. The number of carbonyl (C=O) groups excluding carboxylic acids is 4. The predicted octanol–water partition coefficient (Wildman–Crippen LogP) is 4.79. The highest BCUT2D eigenvalue weighted by molar-refractivity contribution is 7.99. The number of aromatic nitrogens is 2. The average Bonchev–Trinajstić information content (AvgIpc) is 3.87. The van der Waals surface area contributed by atoms with E-state index in [9.17, 15) is 19.2 Å². The van der Waals surface area contributed by atoms with Gasteiger partial charge in [0.05, 0.1) is 12.6 Å². The molecule has 5 rings (SSSR count). The Morgan fingerprint density at radius 1 is 0.900 bits per heavy atom. The van der Waals surface area contributed by atoms with Gasteiger partial charge >= 0.3 is 0 Å². The van der Waals surface area contributed by atoms with E-state index >= 15 is 0 Å². The molecule has 0 aliphatic carbocycles. The maximum Gasteiger partial charge on any atom is 0.243 e. The van der Waals surface area contributed by atoms with E-state index in [-0.39, 0.29) is 37.5 Å². The van der Waals surface area contributed by atoms with Gasteiger partial charge in [-0.15, -0.1) is 11.3 Å². The third-order valence-electron chi connectivity index (χ3n) is 7.43. The normalized spacial score (nSPS) is 13.5. The summed E-state index contributed by atoms with van der Waals surface area (Å²) >= 11 is 3.22. The molecule has 1 fully saturated rings. The number of rotatable bonds is 13. The Kier molecular flexibility index (Phi) is 20.4. The van der Waals surface area contributed by atoms with Gasteiger partial charge in [-0.3, -0.25) is 24.1 Å². The number of amides is 3. The van der Waals surface area contributed by atoms with Crippen LogP contribution in [0.1, 0.15) is 62.0 Å². The van der Waals surface area contributed by atoms with Crippen molar-refractivity contribution in [1.29, 1.82) is 0 Å². The van der Waals surface area contributed by atoms with Gasteiger partial charge in [0, 0.05) is 79.2 Å². The first kappa shape index (κ1) is 42.1. The molecule has 50 heavy (non-hydrogen) atoms. The van der Waals surface area contributed by atoms with Crippen molar-refractivity contribution in [2.75, 3.05) is 37.8 Å². The molecule has 0 bridgehead atoms. The maximum absolute atomic E-state index is 13.2. The van der Waals surface area contributed by atoms with Crippen molar-refractivity contribution >= 4 is 57.5 Å². The number of nitrogens with two attached hydrogens (primary N) is 1. The zero-order valence-corrected chi connectivity index (χ0v) is 31.5. The molecule has 2 atom stereocenters. The number of ketones is 1. The number of nitrogens with one attached hydrogen (secondary N) is 4. The first-order chi connectivity index (χ1) is 24.4. The van der Waals surface area contributed by atoms with E-state index in [1.54, 1.807) is 18.5 Å². The van der Waals surface area contributed by atoms with Crippen molar-refractivity contribution in [2.45, 2.75) is 66.0 Å². The van der Waals surface area contributed by atoms with Crippen LogP contribution in [-0.4, -0.2) is 88.3 Å². The molecule has 3 amide bonds. The number of benzene rings is 2. The summed E-state index contributed by atoms with van der Waals surface area (Å²) in [6, 6.07) is 15.3. The number of thioether (sulfide) groups is 1. The van der Waals surface area contributed by atoms with Gasteiger partial charge in [0.2, 0.25) is 23.5 Å². The van der Waals surface area contributed by atoms with Crippen LogP contribution in [0.3, 0.4) is 0 Å². The summed E-state index contributed by atoms with van der Waals surface area (Å²) in [5, 5.41) is 11.0. The lowest BCUT2D eigenvalue weighted by Crippen LogP contribution is -2.51. The lowest BCUT2D eigenvalue weighted by molar-refractivity contribution is -0.130. The number of H-pyrrole nitrogens is 1. The van der Waals surface area contributed by atoms with Gasteiger partial charge in [-0.25, -0.2) is 4.98 Å². The first-order valence-electron chi connectivity index (χ1n) is 17.3. The van der Waals surface area contributed by atoms with E-state index in [0.717, 1.165) is 28.7 Å². The Labute approximate surface area is 304 Å². The number of fused-ring (bicyclic) bond motifs is 1. The minimum atomic E-state index is -0.871. The third-order valence-corrected chi connectivity index (χ3v) is 9.16. The van der Waals surface area contributed by atoms with E-state index < -0.39 is 23.9 Å². The number of thiazole rings is 1. The van der Waals surface area contributed by atoms with Crippen LogP contribution in [0.5, 0.6) is 0 Å². The summed E-state index contributed by atoms with van der Waals surface area (Å²) < 4.78 is 0. The summed E-state index contributed by atoms with van der Waals surface area (Å²) in [6.45, 7) is 12.5. The van der Waals surface area contributed by atoms with Crippen LogP contribution in [-0.2, 0) is 27.2 Å². The molecule has 1 aliphatic heterocycles. The molecule has 2 aromatic carbocycles. The van der Waals surface area contributed by atoms with Crippen LogP contribution in [0.25, 0.3) is 10.9 Å². The largest absolute Gasteiger partial charge is 0.361 e. The van der Waals surface area contributed by atoms with Crippen molar-refractivity contribution in [2.24, 2.45) is 5.73 Å². The monoisotopic (exact) mass is 723 g/mol. The Hall–Kier alpha value is -4.04. The zero-order chi connectivity index (χ0) is 36.7. The molecule has 2 aromatic heterocycles. The number of hydrogen-bond acceptors (Lipinski definition) is 9. The summed E-state index contributed by atoms with van der Waals surface area (Å²) in [4.78, 5) is 60.6. The van der Waals surface area contributed by atoms with E-state index in [1.165, 1.54) is 35.9 Å². The van der Waals surface area contributed by atoms with E-state index in [4.69, 9.17) is 5.73 Å². The summed E-state index contributed by atoms with van der Waals surface area (Å²) in [5.74, 6) is 0.952. The first-order valence-corrected chi connectivity index (χ1v) is 19.3. The summed E-state index contributed by atoms with van der Waals surface area (Å²) in [7, 11) is 0. The van der Waals surface area contributed by atoms with Crippen LogP contribution in [0.4, 0.5) is 0 Å². The topological polar surface area (TPSA) is 162 Å². The number of hydrogen-bond donors (Lipinski definition) is 5. The Morgan fingerprint density at radius 2 is 1.56 bits per heavy atom. The van der Waals surface area contributed by atoms with Crippen molar-refractivity contribution in [1.82, 2.24) is 30.8 Å². The molecule has 13 heteroatoms. The second-order valence-corrected chi connectivity index (χ2v) is 12.8. The van der Waals surface area contributed by atoms with Crippen LogP contribution in [0.2, 0.25) is 0 Å². The van der Waals surface area contributed by atoms with Gasteiger partial charge in [-0.05, 0) is 17.2 Å². The van der Waals surface area contributed by atoms with Crippen molar-refractivity contribution < 1.29 is 19.2 Å². The molecule has 4 aromatic rings. The smallest absolute Gasteiger partial charge is 0.243 e. The standard InChI is InChI=1S/C28H29N5O4S.C5H12N2S.2C2H6/c1-2-24(34)33-23(14-18-8-4-3-5-9-18)27(37)31-17-25(35)32-22(26(36)28-29-12-13-38-28)15-19-16-30-21-11-7-6-10-20(19)21;6-5-7-1-3-8-4-2-7;2*1-2/h3-13,16,22-23,30H,2,14-15,17H2,1H3,(H,31,37)(H,32,35)(H,33,34);1-6H2;2*1-2H3.